The van der Waals surface area contributed by atoms with Gasteiger partial charge in [-0.05, 0) is 37.4 Å². The molecule has 0 bridgehead atoms. The molecular formula is C17H21BrN2O. The van der Waals surface area contributed by atoms with Gasteiger partial charge in [0.05, 0.1) is 6.04 Å². The first-order chi connectivity index (χ1) is 10.3. The molecule has 1 fully saturated rings. The zero-order chi connectivity index (χ0) is 14.7. The summed E-state index contributed by atoms with van der Waals surface area (Å²) in [5.74, 6) is 1.01. The molecule has 0 radical (unpaired) electrons. The summed E-state index contributed by atoms with van der Waals surface area (Å²) < 4.78 is 6.64. The molecule has 1 atom stereocenters. The van der Waals surface area contributed by atoms with Crippen LogP contribution in [0.3, 0.4) is 0 Å². The Hall–Kier alpha value is -1.13. The first-order valence-corrected chi connectivity index (χ1v) is 8.50. The van der Waals surface area contributed by atoms with Crippen LogP contribution in [0.1, 0.15) is 49.2 Å². The van der Waals surface area contributed by atoms with Gasteiger partial charge in [0, 0.05) is 23.5 Å². The van der Waals surface area contributed by atoms with Gasteiger partial charge in [-0.25, -0.2) is 0 Å². The van der Waals surface area contributed by atoms with Crippen LogP contribution in [0.2, 0.25) is 0 Å². The molecule has 2 heterocycles. The second kappa shape index (κ2) is 6.75. The summed E-state index contributed by atoms with van der Waals surface area (Å²) in [6, 6.07) is 11.0. The van der Waals surface area contributed by atoms with Crippen molar-refractivity contribution >= 4 is 15.9 Å². The number of rotatable bonds is 5. The summed E-state index contributed by atoms with van der Waals surface area (Å²) in [5.41, 5.74) is 2.43. The van der Waals surface area contributed by atoms with Gasteiger partial charge in [0.15, 0.2) is 0 Å². The molecule has 1 aliphatic heterocycles. The van der Waals surface area contributed by atoms with Crippen molar-refractivity contribution in [1.29, 1.82) is 0 Å². The largest absolute Gasteiger partial charge is 0.361 e. The minimum absolute atomic E-state index is 0.395. The van der Waals surface area contributed by atoms with E-state index in [2.05, 4.69) is 63.2 Å². The molecule has 3 nitrogen and oxygen atoms in total. The van der Waals surface area contributed by atoms with Gasteiger partial charge in [-0.3, -0.25) is 4.90 Å². The molecule has 4 heteroatoms. The molecule has 1 aromatic carbocycles. The highest BCUT2D eigenvalue weighted by Gasteiger charge is 2.28. The van der Waals surface area contributed by atoms with Gasteiger partial charge in [0.1, 0.15) is 11.5 Å². The summed E-state index contributed by atoms with van der Waals surface area (Å²) >= 11 is 3.64. The van der Waals surface area contributed by atoms with Gasteiger partial charge in [-0.1, -0.05) is 46.2 Å². The van der Waals surface area contributed by atoms with E-state index in [1.807, 2.05) is 0 Å². The molecular weight excluding hydrogens is 328 g/mol. The molecule has 2 aromatic rings. The standard InChI is InChI=1S/C17H21BrN2O/c1-2-6-14-11-16(19-21-14)17-9-5-10-20(17)12-13-7-3-4-8-15(13)18/h3-4,7-8,11,17H,2,5-6,9-10,12H2,1H3/t17-/m0/s1. The molecule has 0 saturated carbocycles. The van der Waals surface area contributed by atoms with Crippen molar-refractivity contribution in [2.45, 2.75) is 45.2 Å². The smallest absolute Gasteiger partial charge is 0.137 e. The van der Waals surface area contributed by atoms with Crippen LogP contribution >= 0.6 is 15.9 Å². The van der Waals surface area contributed by atoms with Crippen molar-refractivity contribution in [3.05, 3.63) is 51.8 Å². The zero-order valence-electron chi connectivity index (χ0n) is 12.4. The van der Waals surface area contributed by atoms with E-state index in [0.717, 1.165) is 37.4 Å². The number of benzene rings is 1. The lowest BCUT2D eigenvalue weighted by Gasteiger charge is -2.23. The number of aryl methyl sites for hydroxylation is 1. The molecule has 3 rings (SSSR count). The van der Waals surface area contributed by atoms with E-state index < -0.39 is 0 Å². The minimum Gasteiger partial charge on any atom is -0.361 e. The van der Waals surface area contributed by atoms with Crippen molar-refractivity contribution in [1.82, 2.24) is 10.1 Å². The lowest BCUT2D eigenvalue weighted by Crippen LogP contribution is -2.23. The summed E-state index contributed by atoms with van der Waals surface area (Å²) in [7, 11) is 0. The highest BCUT2D eigenvalue weighted by Crippen LogP contribution is 2.34. The van der Waals surface area contributed by atoms with E-state index in [1.54, 1.807) is 0 Å². The molecule has 0 spiro atoms. The van der Waals surface area contributed by atoms with Crippen molar-refractivity contribution in [3.63, 3.8) is 0 Å². The Labute approximate surface area is 134 Å². The van der Waals surface area contributed by atoms with E-state index in [1.165, 1.54) is 22.9 Å². The van der Waals surface area contributed by atoms with Crippen molar-refractivity contribution < 1.29 is 4.52 Å². The fraction of sp³-hybridized carbons (Fsp3) is 0.471. The van der Waals surface area contributed by atoms with E-state index in [-0.39, 0.29) is 0 Å². The average Bonchev–Trinajstić information content (AvgIpc) is 3.11. The van der Waals surface area contributed by atoms with Gasteiger partial charge < -0.3 is 4.52 Å². The predicted octanol–water partition coefficient (Wildman–Crippen LogP) is 4.73. The van der Waals surface area contributed by atoms with Crippen LogP contribution in [-0.4, -0.2) is 16.6 Å². The first kappa shape index (κ1) is 14.8. The Morgan fingerprint density at radius 1 is 1.38 bits per heavy atom. The van der Waals surface area contributed by atoms with Gasteiger partial charge in [0.2, 0.25) is 0 Å². The van der Waals surface area contributed by atoms with Crippen LogP contribution in [0.25, 0.3) is 0 Å². The lowest BCUT2D eigenvalue weighted by molar-refractivity contribution is 0.236. The Balaban J connectivity index is 1.74. The van der Waals surface area contributed by atoms with Crippen LogP contribution in [-0.2, 0) is 13.0 Å². The van der Waals surface area contributed by atoms with Crippen LogP contribution in [0.15, 0.2) is 39.3 Å². The van der Waals surface area contributed by atoms with E-state index >= 15 is 0 Å². The van der Waals surface area contributed by atoms with E-state index in [0.29, 0.717) is 6.04 Å². The van der Waals surface area contributed by atoms with E-state index in [4.69, 9.17) is 4.52 Å². The normalized spacial score (nSPS) is 19.2. The summed E-state index contributed by atoms with van der Waals surface area (Å²) in [6.45, 7) is 4.25. The number of halogens is 1. The monoisotopic (exact) mass is 348 g/mol. The molecule has 0 aliphatic carbocycles. The molecule has 0 amide bonds. The highest BCUT2D eigenvalue weighted by atomic mass is 79.9. The highest BCUT2D eigenvalue weighted by molar-refractivity contribution is 9.10. The SMILES string of the molecule is CCCc1cc([C@@H]2CCCN2Cc2ccccc2Br)no1. The molecule has 1 aliphatic rings. The summed E-state index contributed by atoms with van der Waals surface area (Å²) in [4.78, 5) is 2.51. The van der Waals surface area contributed by atoms with Crippen LogP contribution < -0.4 is 0 Å². The number of hydrogen-bond acceptors (Lipinski definition) is 3. The Kier molecular flexibility index (Phi) is 4.76. The fourth-order valence-electron chi connectivity index (χ4n) is 3.05. The topological polar surface area (TPSA) is 29.3 Å². The maximum absolute atomic E-state index is 5.45. The second-order valence-electron chi connectivity index (χ2n) is 5.69. The van der Waals surface area contributed by atoms with Gasteiger partial charge in [0.25, 0.3) is 0 Å². The maximum Gasteiger partial charge on any atom is 0.137 e. The second-order valence-corrected chi connectivity index (χ2v) is 6.54. The van der Waals surface area contributed by atoms with Crippen LogP contribution in [0, 0.1) is 0 Å². The quantitative estimate of drug-likeness (QED) is 0.782. The van der Waals surface area contributed by atoms with Crippen LogP contribution in [0.5, 0.6) is 0 Å². The average molecular weight is 349 g/mol. The summed E-state index contributed by atoms with van der Waals surface area (Å²) in [6.07, 6.45) is 4.47. The zero-order valence-corrected chi connectivity index (χ0v) is 14.0. The Bertz CT molecular complexity index is 596. The van der Waals surface area contributed by atoms with Crippen LogP contribution in [0.4, 0.5) is 0 Å². The van der Waals surface area contributed by atoms with Crippen molar-refractivity contribution in [3.8, 4) is 0 Å². The molecule has 112 valence electrons. The number of nitrogens with zero attached hydrogens (tertiary/aromatic N) is 2. The third kappa shape index (κ3) is 3.38. The molecule has 0 N–H and O–H groups in total. The molecule has 21 heavy (non-hydrogen) atoms. The molecule has 1 aromatic heterocycles. The third-order valence-corrected chi connectivity index (χ3v) is 4.88. The molecule has 0 unspecified atom stereocenters. The van der Waals surface area contributed by atoms with E-state index in [9.17, 15) is 0 Å². The predicted molar refractivity (Wildman–Crippen MR) is 87.0 cm³/mol. The van der Waals surface area contributed by atoms with Crippen molar-refractivity contribution in [2.24, 2.45) is 0 Å². The third-order valence-electron chi connectivity index (χ3n) is 4.11. The Morgan fingerprint density at radius 2 is 2.24 bits per heavy atom. The maximum atomic E-state index is 5.45. The Morgan fingerprint density at radius 3 is 3.05 bits per heavy atom. The fourth-order valence-corrected chi connectivity index (χ4v) is 3.46. The van der Waals surface area contributed by atoms with Gasteiger partial charge in [-0.2, -0.15) is 0 Å². The lowest BCUT2D eigenvalue weighted by atomic mass is 10.1. The molecule has 1 saturated heterocycles. The minimum atomic E-state index is 0.395. The number of likely N-dealkylation sites (tertiary alicyclic amines) is 1. The van der Waals surface area contributed by atoms with Gasteiger partial charge >= 0.3 is 0 Å². The van der Waals surface area contributed by atoms with Gasteiger partial charge in [-0.15, -0.1) is 0 Å². The first-order valence-electron chi connectivity index (χ1n) is 7.71. The van der Waals surface area contributed by atoms with Crippen molar-refractivity contribution in [2.75, 3.05) is 6.54 Å². The number of aromatic nitrogens is 1. The summed E-state index contributed by atoms with van der Waals surface area (Å²) in [5, 5.41) is 4.30. The number of hydrogen-bond donors (Lipinski definition) is 0.